The minimum Gasteiger partial charge on any atom is -0.371 e. The second-order valence-corrected chi connectivity index (χ2v) is 4.88. The Balaban J connectivity index is 2.31. The molecule has 104 valence electrons. The second kappa shape index (κ2) is 5.61. The number of hydrogen-bond acceptors (Lipinski definition) is 7. The Hall–Kier alpha value is -2.55. The molecule has 1 aromatic heterocycles. The lowest BCUT2D eigenvalue weighted by Crippen LogP contribution is -2.08. The molecule has 1 N–H and O–H groups in total. The van der Waals surface area contributed by atoms with Crippen LogP contribution in [0.3, 0.4) is 0 Å². The number of hydrogen-bond donors (Lipinski definition) is 1. The normalized spacial score (nSPS) is 11.8. The van der Waals surface area contributed by atoms with Gasteiger partial charge in [0.15, 0.2) is 0 Å². The summed E-state index contributed by atoms with van der Waals surface area (Å²) in [6.07, 6.45) is 1.64. The third-order valence-corrected chi connectivity index (χ3v) is 3.54. The Morgan fingerprint density at radius 3 is 2.60 bits per heavy atom. The Kier molecular flexibility index (Phi) is 3.89. The molecule has 1 heterocycles. The molecule has 0 aliphatic carbocycles. The van der Waals surface area contributed by atoms with Gasteiger partial charge in [-0.1, -0.05) is 0 Å². The van der Waals surface area contributed by atoms with Crippen LogP contribution in [0.4, 0.5) is 17.1 Å². The minimum absolute atomic E-state index is 0.225. The van der Waals surface area contributed by atoms with Crippen molar-refractivity contribution in [2.75, 3.05) is 5.32 Å². The summed E-state index contributed by atoms with van der Waals surface area (Å²) >= 11 is 1.42. The first-order valence-electron chi connectivity index (χ1n) is 5.58. The van der Waals surface area contributed by atoms with Gasteiger partial charge in [-0.3, -0.25) is 20.2 Å². The summed E-state index contributed by atoms with van der Waals surface area (Å²) in [6, 6.07) is 3.27. The molecule has 0 aliphatic heterocycles. The van der Waals surface area contributed by atoms with Crippen molar-refractivity contribution in [1.29, 1.82) is 0 Å². The summed E-state index contributed by atoms with van der Waals surface area (Å²) in [4.78, 5) is 24.4. The average Bonchev–Trinajstić information content (AvgIpc) is 2.92. The van der Waals surface area contributed by atoms with E-state index in [9.17, 15) is 20.2 Å². The van der Waals surface area contributed by atoms with E-state index in [1.807, 2.05) is 6.92 Å². The molecule has 0 spiro atoms. The van der Waals surface area contributed by atoms with E-state index in [1.165, 1.54) is 23.5 Å². The van der Waals surface area contributed by atoms with E-state index in [2.05, 4.69) is 10.3 Å². The van der Waals surface area contributed by atoms with Gasteiger partial charge in [0.1, 0.15) is 10.7 Å². The largest absolute Gasteiger partial charge is 0.371 e. The molecule has 2 rings (SSSR count). The van der Waals surface area contributed by atoms with Crippen LogP contribution in [0.1, 0.15) is 18.0 Å². The quantitative estimate of drug-likeness (QED) is 0.669. The van der Waals surface area contributed by atoms with Gasteiger partial charge in [0.05, 0.1) is 22.0 Å². The zero-order valence-corrected chi connectivity index (χ0v) is 11.2. The van der Waals surface area contributed by atoms with Crippen molar-refractivity contribution >= 4 is 28.4 Å². The zero-order valence-electron chi connectivity index (χ0n) is 10.3. The number of nitro benzene ring substituents is 2. The number of anilines is 1. The molecule has 2 aromatic rings. The fourth-order valence-corrected chi connectivity index (χ4v) is 2.30. The Morgan fingerprint density at radius 1 is 1.30 bits per heavy atom. The lowest BCUT2D eigenvalue weighted by Gasteiger charge is -2.12. The van der Waals surface area contributed by atoms with Gasteiger partial charge in [0, 0.05) is 17.6 Å². The number of benzene rings is 1. The maximum absolute atomic E-state index is 11.0. The van der Waals surface area contributed by atoms with E-state index in [0.29, 0.717) is 0 Å². The number of non-ortho nitro benzene ring substituents is 1. The fourth-order valence-electron chi connectivity index (χ4n) is 1.65. The van der Waals surface area contributed by atoms with Crippen molar-refractivity contribution in [1.82, 2.24) is 4.98 Å². The van der Waals surface area contributed by atoms with Gasteiger partial charge in [-0.25, -0.2) is 4.98 Å². The molecule has 9 heteroatoms. The fraction of sp³-hybridized carbons (Fsp3) is 0.182. The number of nitrogens with one attached hydrogen (secondary N) is 1. The van der Waals surface area contributed by atoms with Crippen molar-refractivity contribution in [3.8, 4) is 0 Å². The highest BCUT2D eigenvalue weighted by Gasteiger charge is 2.21. The van der Waals surface area contributed by atoms with E-state index in [0.717, 1.165) is 11.1 Å². The van der Waals surface area contributed by atoms with Gasteiger partial charge in [0.2, 0.25) is 0 Å². The van der Waals surface area contributed by atoms with Crippen LogP contribution in [-0.2, 0) is 0 Å². The molecule has 0 saturated carbocycles. The lowest BCUT2D eigenvalue weighted by atomic mass is 10.2. The van der Waals surface area contributed by atoms with Crippen LogP contribution in [0.2, 0.25) is 0 Å². The van der Waals surface area contributed by atoms with E-state index >= 15 is 0 Å². The van der Waals surface area contributed by atoms with E-state index < -0.39 is 9.85 Å². The predicted octanol–water partition coefficient (Wildman–Crippen LogP) is 3.13. The molecule has 0 bridgehead atoms. The zero-order chi connectivity index (χ0) is 14.7. The first-order chi connectivity index (χ1) is 9.49. The summed E-state index contributed by atoms with van der Waals surface area (Å²) in [5, 5.41) is 27.2. The maximum atomic E-state index is 11.0. The Morgan fingerprint density at radius 2 is 2.05 bits per heavy atom. The summed E-state index contributed by atoms with van der Waals surface area (Å²) < 4.78 is 0. The van der Waals surface area contributed by atoms with Crippen molar-refractivity contribution in [2.24, 2.45) is 0 Å². The summed E-state index contributed by atoms with van der Waals surface area (Å²) in [5.41, 5.74) is -0.421. The summed E-state index contributed by atoms with van der Waals surface area (Å²) in [6.45, 7) is 1.81. The van der Waals surface area contributed by atoms with Crippen LogP contribution < -0.4 is 5.32 Å². The Bertz CT molecular complexity index is 644. The van der Waals surface area contributed by atoms with Crippen LogP contribution in [0.25, 0.3) is 0 Å². The molecule has 0 fully saturated rings. The van der Waals surface area contributed by atoms with Crippen LogP contribution in [0.15, 0.2) is 29.8 Å². The second-order valence-electron chi connectivity index (χ2n) is 3.95. The van der Waals surface area contributed by atoms with Gasteiger partial charge in [-0.2, -0.15) is 0 Å². The van der Waals surface area contributed by atoms with Crippen molar-refractivity contribution in [3.05, 3.63) is 55.0 Å². The first kappa shape index (κ1) is 13.9. The lowest BCUT2D eigenvalue weighted by molar-refractivity contribution is -0.393. The minimum atomic E-state index is -0.666. The van der Waals surface area contributed by atoms with Crippen molar-refractivity contribution in [3.63, 3.8) is 0 Å². The average molecular weight is 294 g/mol. The van der Waals surface area contributed by atoms with Crippen LogP contribution >= 0.6 is 11.3 Å². The standard InChI is InChI=1S/C11H10N4O4S/c1-7(11-12-4-5-20-11)13-9-3-2-8(14(16)17)6-10(9)15(18)19/h2-7,13H,1H3. The van der Waals surface area contributed by atoms with Gasteiger partial charge < -0.3 is 5.32 Å². The highest BCUT2D eigenvalue weighted by Crippen LogP contribution is 2.31. The molecule has 1 aromatic carbocycles. The Labute approximate surface area is 117 Å². The predicted molar refractivity (Wildman–Crippen MR) is 73.9 cm³/mol. The topological polar surface area (TPSA) is 111 Å². The van der Waals surface area contributed by atoms with Gasteiger partial charge >= 0.3 is 0 Å². The monoisotopic (exact) mass is 294 g/mol. The smallest absolute Gasteiger partial charge is 0.299 e. The third kappa shape index (κ3) is 2.88. The van der Waals surface area contributed by atoms with Crippen molar-refractivity contribution < 1.29 is 9.85 Å². The molecular weight excluding hydrogens is 284 g/mol. The van der Waals surface area contributed by atoms with Gasteiger partial charge in [-0.15, -0.1) is 11.3 Å². The van der Waals surface area contributed by atoms with E-state index in [1.54, 1.807) is 11.6 Å². The maximum Gasteiger partial charge on any atom is 0.299 e. The van der Waals surface area contributed by atoms with Crippen molar-refractivity contribution in [2.45, 2.75) is 13.0 Å². The molecular formula is C11H10N4O4S. The summed E-state index contributed by atoms with van der Waals surface area (Å²) in [7, 11) is 0. The molecule has 8 nitrogen and oxygen atoms in total. The number of nitrogens with zero attached hydrogens (tertiary/aromatic N) is 3. The number of aromatic nitrogens is 1. The van der Waals surface area contributed by atoms with Gasteiger partial charge in [0.25, 0.3) is 11.4 Å². The molecule has 20 heavy (non-hydrogen) atoms. The third-order valence-electron chi connectivity index (χ3n) is 2.58. The number of thiazole rings is 1. The van der Waals surface area contributed by atoms with Crippen LogP contribution in [-0.4, -0.2) is 14.8 Å². The van der Waals surface area contributed by atoms with Gasteiger partial charge in [-0.05, 0) is 13.0 Å². The molecule has 0 radical (unpaired) electrons. The highest BCUT2D eigenvalue weighted by atomic mass is 32.1. The van der Waals surface area contributed by atoms with Crippen LogP contribution in [0.5, 0.6) is 0 Å². The number of nitro groups is 2. The van der Waals surface area contributed by atoms with E-state index in [-0.39, 0.29) is 23.1 Å². The van der Waals surface area contributed by atoms with Crippen LogP contribution in [0, 0.1) is 20.2 Å². The number of rotatable bonds is 5. The summed E-state index contributed by atoms with van der Waals surface area (Å²) in [5.74, 6) is 0. The molecule has 1 unspecified atom stereocenters. The van der Waals surface area contributed by atoms with E-state index in [4.69, 9.17) is 0 Å². The first-order valence-corrected chi connectivity index (χ1v) is 6.45. The molecule has 0 amide bonds. The highest BCUT2D eigenvalue weighted by molar-refractivity contribution is 7.09. The molecule has 0 saturated heterocycles. The molecule has 1 atom stereocenters. The molecule has 0 aliphatic rings. The SMILES string of the molecule is CC(Nc1ccc([N+](=O)[O-])cc1[N+](=O)[O-])c1nccs1.